The van der Waals surface area contributed by atoms with Gasteiger partial charge in [0.2, 0.25) is 23.6 Å². The molecule has 13 N–H and O–H groups in total. The van der Waals surface area contributed by atoms with Crippen molar-refractivity contribution in [2.45, 2.75) is 70.1 Å². The fourth-order valence-electron chi connectivity index (χ4n) is 2.84. The Morgan fingerprint density at radius 3 is 1.91 bits per heavy atom. The van der Waals surface area contributed by atoms with Crippen LogP contribution in [0.2, 0.25) is 0 Å². The molecular weight excluding hydrogens is 464 g/mol. The van der Waals surface area contributed by atoms with Crippen LogP contribution in [0, 0.1) is 5.92 Å². The van der Waals surface area contributed by atoms with Gasteiger partial charge in [-0.2, -0.15) is 0 Å². The number of carbonyl (C=O) groups excluding carboxylic acids is 4. The van der Waals surface area contributed by atoms with Gasteiger partial charge in [0, 0.05) is 13.0 Å². The van der Waals surface area contributed by atoms with Gasteiger partial charge in [-0.3, -0.25) is 24.2 Å². The second kappa shape index (κ2) is 16.2. The minimum atomic E-state index is -1.53. The standard InChI is InChI=1S/C20H38N8O7/c1-3-10(2)15(22)18(33)26-11(5-4-8-25-20(23)24)16(31)28-13(9-29)17(32)27-12(19(34)35)6-7-14(21)30/h10-13,15,29H,3-9,22H2,1-2H3,(H2,21,30)(H,26,33)(H,27,32)(H,28,31)(H,34,35)(H4,23,24,25). The number of nitrogens with one attached hydrogen (secondary N) is 3. The number of aliphatic imine (C=N–C) groups is 1. The zero-order valence-corrected chi connectivity index (χ0v) is 20.0. The summed E-state index contributed by atoms with van der Waals surface area (Å²) in [6.45, 7) is 2.95. The summed E-state index contributed by atoms with van der Waals surface area (Å²) in [5, 5.41) is 25.8. The van der Waals surface area contributed by atoms with Crippen LogP contribution in [0.25, 0.3) is 0 Å². The van der Waals surface area contributed by atoms with E-state index in [-0.39, 0.29) is 37.7 Å². The number of aliphatic hydroxyl groups excluding tert-OH is 1. The molecule has 0 aliphatic rings. The molecule has 15 nitrogen and oxygen atoms in total. The van der Waals surface area contributed by atoms with Gasteiger partial charge in [0.05, 0.1) is 12.6 Å². The van der Waals surface area contributed by atoms with Crippen molar-refractivity contribution in [1.82, 2.24) is 16.0 Å². The molecule has 4 amide bonds. The van der Waals surface area contributed by atoms with Gasteiger partial charge in [0.1, 0.15) is 18.1 Å². The normalized spacial score (nSPS) is 15.0. The van der Waals surface area contributed by atoms with Crippen molar-refractivity contribution in [3.05, 3.63) is 0 Å². The minimum absolute atomic E-state index is 0.0811. The molecular formula is C20H38N8O7. The largest absolute Gasteiger partial charge is 0.480 e. The number of carbonyl (C=O) groups is 5. The van der Waals surface area contributed by atoms with Crippen LogP contribution in [-0.2, 0) is 24.0 Å². The lowest BCUT2D eigenvalue weighted by Crippen LogP contribution is -2.58. The zero-order valence-electron chi connectivity index (χ0n) is 20.0. The summed E-state index contributed by atoms with van der Waals surface area (Å²) >= 11 is 0. The van der Waals surface area contributed by atoms with Gasteiger partial charge in [0.15, 0.2) is 5.96 Å². The fourth-order valence-corrected chi connectivity index (χ4v) is 2.84. The van der Waals surface area contributed by atoms with E-state index in [1.807, 2.05) is 6.92 Å². The van der Waals surface area contributed by atoms with E-state index in [1.54, 1.807) is 6.92 Å². The predicted octanol–water partition coefficient (Wildman–Crippen LogP) is -3.79. The number of nitrogens with zero attached hydrogens (tertiary/aromatic N) is 1. The molecule has 0 aliphatic heterocycles. The summed E-state index contributed by atoms with van der Waals surface area (Å²) in [7, 11) is 0. The Morgan fingerprint density at radius 1 is 0.886 bits per heavy atom. The number of amides is 4. The molecule has 35 heavy (non-hydrogen) atoms. The van der Waals surface area contributed by atoms with Gasteiger partial charge in [-0.05, 0) is 25.2 Å². The molecule has 0 aliphatic carbocycles. The van der Waals surface area contributed by atoms with E-state index in [4.69, 9.17) is 22.9 Å². The van der Waals surface area contributed by atoms with Gasteiger partial charge in [0.25, 0.3) is 0 Å². The van der Waals surface area contributed by atoms with Gasteiger partial charge in [-0.1, -0.05) is 20.3 Å². The van der Waals surface area contributed by atoms with E-state index >= 15 is 0 Å². The van der Waals surface area contributed by atoms with Crippen LogP contribution < -0.4 is 38.9 Å². The van der Waals surface area contributed by atoms with Gasteiger partial charge in [-0.15, -0.1) is 0 Å². The van der Waals surface area contributed by atoms with Crippen molar-refractivity contribution in [2.75, 3.05) is 13.2 Å². The average molecular weight is 503 g/mol. The van der Waals surface area contributed by atoms with Crippen molar-refractivity contribution in [3.63, 3.8) is 0 Å². The molecule has 0 saturated heterocycles. The zero-order chi connectivity index (χ0) is 27.1. The van der Waals surface area contributed by atoms with E-state index in [0.29, 0.717) is 12.8 Å². The Balaban J connectivity index is 5.40. The number of rotatable bonds is 17. The van der Waals surface area contributed by atoms with Crippen molar-refractivity contribution in [2.24, 2.45) is 33.8 Å². The average Bonchev–Trinajstić information content (AvgIpc) is 2.79. The summed E-state index contributed by atoms with van der Waals surface area (Å²) in [6.07, 6.45) is 0.424. The summed E-state index contributed by atoms with van der Waals surface area (Å²) in [4.78, 5) is 63.9. The Labute approximate surface area is 203 Å². The highest BCUT2D eigenvalue weighted by Gasteiger charge is 2.30. The third-order valence-corrected chi connectivity index (χ3v) is 5.25. The summed E-state index contributed by atoms with van der Waals surface area (Å²) in [5.41, 5.74) is 21.5. The molecule has 15 heteroatoms. The second-order valence-electron chi connectivity index (χ2n) is 8.07. The SMILES string of the molecule is CCC(C)C(N)C(=O)NC(CCCN=C(N)N)C(=O)NC(CO)C(=O)NC(CCC(N)=O)C(=O)O. The van der Waals surface area contributed by atoms with E-state index in [1.165, 1.54) is 0 Å². The number of carboxylic acid groups (broad SMARTS) is 1. The fraction of sp³-hybridized carbons (Fsp3) is 0.700. The van der Waals surface area contributed by atoms with E-state index < -0.39 is 60.4 Å². The molecule has 0 radical (unpaired) electrons. The van der Waals surface area contributed by atoms with Crippen molar-refractivity contribution >= 4 is 35.6 Å². The molecule has 0 aromatic carbocycles. The van der Waals surface area contributed by atoms with Crippen LogP contribution in [0.5, 0.6) is 0 Å². The second-order valence-corrected chi connectivity index (χ2v) is 8.07. The van der Waals surface area contributed by atoms with Gasteiger partial charge >= 0.3 is 5.97 Å². The summed E-state index contributed by atoms with van der Waals surface area (Å²) < 4.78 is 0. The smallest absolute Gasteiger partial charge is 0.326 e. The molecule has 0 heterocycles. The Morgan fingerprint density at radius 2 is 1.43 bits per heavy atom. The third-order valence-electron chi connectivity index (χ3n) is 5.25. The van der Waals surface area contributed by atoms with E-state index in [2.05, 4.69) is 20.9 Å². The first-order valence-corrected chi connectivity index (χ1v) is 11.2. The lowest BCUT2D eigenvalue weighted by molar-refractivity contribution is -0.143. The first-order chi connectivity index (χ1) is 16.3. The maximum Gasteiger partial charge on any atom is 0.326 e. The van der Waals surface area contributed by atoms with E-state index in [0.717, 1.165) is 0 Å². The predicted molar refractivity (Wildman–Crippen MR) is 126 cm³/mol. The highest BCUT2D eigenvalue weighted by atomic mass is 16.4. The number of primary amides is 1. The Hall–Kier alpha value is -3.46. The highest BCUT2D eigenvalue weighted by molar-refractivity contribution is 5.94. The maximum atomic E-state index is 12.9. The van der Waals surface area contributed by atoms with Crippen LogP contribution in [0.4, 0.5) is 0 Å². The molecule has 0 aromatic rings. The molecule has 0 aromatic heterocycles. The van der Waals surface area contributed by atoms with Crippen LogP contribution >= 0.6 is 0 Å². The first-order valence-electron chi connectivity index (χ1n) is 11.2. The van der Waals surface area contributed by atoms with E-state index in [9.17, 15) is 34.2 Å². The van der Waals surface area contributed by atoms with Crippen LogP contribution in [0.1, 0.15) is 46.0 Å². The number of guanidine groups is 1. The molecule has 0 saturated carbocycles. The molecule has 0 fully saturated rings. The summed E-state index contributed by atoms with van der Waals surface area (Å²) in [5.74, 6) is -4.88. The summed E-state index contributed by atoms with van der Waals surface area (Å²) in [6, 6.07) is -5.02. The minimum Gasteiger partial charge on any atom is -0.480 e. The molecule has 200 valence electrons. The molecule has 0 bridgehead atoms. The monoisotopic (exact) mass is 502 g/mol. The van der Waals surface area contributed by atoms with Crippen molar-refractivity contribution in [3.8, 4) is 0 Å². The number of nitrogens with two attached hydrogens (primary N) is 4. The molecule has 5 atom stereocenters. The topological polar surface area (TPSA) is 278 Å². The van der Waals surface area contributed by atoms with Crippen LogP contribution in [-0.4, -0.2) is 83.1 Å². The number of aliphatic carboxylic acids is 1. The maximum absolute atomic E-state index is 12.9. The number of aliphatic hydroxyl groups is 1. The van der Waals surface area contributed by atoms with Crippen LogP contribution in [0.3, 0.4) is 0 Å². The molecule has 5 unspecified atom stereocenters. The van der Waals surface area contributed by atoms with Crippen molar-refractivity contribution < 1.29 is 34.2 Å². The van der Waals surface area contributed by atoms with Gasteiger partial charge in [-0.25, -0.2) is 4.79 Å². The number of hydrogen-bond donors (Lipinski definition) is 9. The van der Waals surface area contributed by atoms with Crippen molar-refractivity contribution in [1.29, 1.82) is 0 Å². The quantitative estimate of drug-likeness (QED) is 0.0531. The highest BCUT2D eigenvalue weighted by Crippen LogP contribution is 2.07. The first kappa shape index (κ1) is 31.5. The molecule has 0 spiro atoms. The third kappa shape index (κ3) is 12.5. The Bertz CT molecular complexity index is 773. The Kier molecular flexibility index (Phi) is 14.6. The van der Waals surface area contributed by atoms with Gasteiger partial charge < -0.3 is 49.1 Å². The van der Waals surface area contributed by atoms with Crippen LogP contribution in [0.15, 0.2) is 4.99 Å². The number of carboxylic acids is 1. The molecule has 0 rings (SSSR count). The lowest BCUT2D eigenvalue weighted by atomic mass is 9.98. The number of hydrogen-bond acceptors (Lipinski definition) is 8. The lowest BCUT2D eigenvalue weighted by Gasteiger charge is -2.25.